The molecule has 1 heterocycles. The van der Waals surface area contributed by atoms with Crippen LogP contribution in [0.25, 0.3) is 0 Å². The van der Waals surface area contributed by atoms with Crippen molar-refractivity contribution in [3.05, 3.63) is 161 Å². The van der Waals surface area contributed by atoms with Crippen molar-refractivity contribution in [2.75, 3.05) is 18.1 Å². The fourth-order valence-corrected chi connectivity index (χ4v) is 6.43. The van der Waals surface area contributed by atoms with Crippen LogP contribution in [0.4, 0.5) is 14.5 Å². The molecule has 5 nitrogen and oxygen atoms in total. The molecule has 6 rings (SSSR count). The zero-order chi connectivity index (χ0) is 34.7. The Morgan fingerprint density at radius 1 is 0.700 bits per heavy atom. The molecule has 1 aliphatic rings. The number of ether oxygens (including phenoxy) is 3. The van der Waals surface area contributed by atoms with E-state index in [-0.39, 0.29) is 35.4 Å². The lowest BCUT2D eigenvalue weighted by atomic mass is 9.77. The van der Waals surface area contributed by atoms with Gasteiger partial charge in [-0.2, -0.15) is 0 Å². The highest BCUT2D eigenvalue weighted by atomic mass is 19.1. The van der Waals surface area contributed by atoms with E-state index in [1.807, 2.05) is 66.7 Å². The maximum Gasteiger partial charge on any atom is 0.233 e. The first-order valence-electron chi connectivity index (χ1n) is 17.4. The second kappa shape index (κ2) is 17.1. The summed E-state index contributed by atoms with van der Waals surface area (Å²) in [5.74, 6) is 0.493. The van der Waals surface area contributed by atoms with Gasteiger partial charge in [-0.25, -0.2) is 8.78 Å². The molecular weight excluding hydrogens is 632 g/mol. The van der Waals surface area contributed by atoms with E-state index in [4.69, 9.17) is 14.2 Å². The number of nitrogens with zero attached hydrogens (tertiary/aromatic N) is 1. The molecule has 7 heteroatoms. The summed E-state index contributed by atoms with van der Waals surface area (Å²) in [4.78, 5) is 15.6. The highest BCUT2D eigenvalue weighted by Crippen LogP contribution is 2.49. The Kier molecular flexibility index (Phi) is 11.9. The number of hydrogen-bond donors (Lipinski definition) is 0. The molecule has 50 heavy (non-hydrogen) atoms. The SMILES string of the molecule is C[C@@H](CC[C@H]1C(=O)N(c2ccc(F)cc2)[C@@H]1c1ccc(OCCCCOCc2ccccc2)cc1OCc1ccccc1)c1ccc(F)cc1. The second-order valence-corrected chi connectivity index (χ2v) is 12.8. The minimum atomic E-state index is -0.362. The third-order valence-electron chi connectivity index (χ3n) is 9.27. The van der Waals surface area contributed by atoms with E-state index in [1.165, 1.54) is 24.3 Å². The van der Waals surface area contributed by atoms with Crippen molar-refractivity contribution in [1.82, 2.24) is 0 Å². The third kappa shape index (κ3) is 8.96. The lowest BCUT2D eigenvalue weighted by Gasteiger charge is -2.48. The fourth-order valence-electron chi connectivity index (χ4n) is 6.43. The summed E-state index contributed by atoms with van der Waals surface area (Å²) in [5.41, 5.74) is 4.70. The molecule has 0 spiro atoms. The Morgan fingerprint density at radius 3 is 2.00 bits per heavy atom. The molecule has 0 aliphatic carbocycles. The highest BCUT2D eigenvalue weighted by Gasteiger charge is 2.49. The zero-order valence-electron chi connectivity index (χ0n) is 28.3. The first-order valence-corrected chi connectivity index (χ1v) is 17.4. The summed E-state index contributed by atoms with van der Waals surface area (Å²) in [6, 6.07) is 38.1. The van der Waals surface area contributed by atoms with Crippen molar-refractivity contribution in [2.24, 2.45) is 5.92 Å². The van der Waals surface area contributed by atoms with Crippen LogP contribution in [0, 0.1) is 17.6 Å². The van der Waals surface area contributed by atoms with Crippen molar-refractivity contribution in [3.8, 4) is 11.5 Å². The van der Waals surface area contributed by atoms with Gasteiger partial charge in [-0.1, -0.05) is 79.7 Å². The number of amides is 1. The standard InChI is InChI=1S/C43H43F2NO4/c1-31(34-15-17-35(44)18-16-34)14-24-40-42(46(43(40)47)37-21-19-36(45)20-22-37)39-25-23-38(28-41(39)50-30-33-12-6-3-7-13-33)49-27-9-8-26-48-29-32-10-4-2-5-11-32/h2-7,10-13,15-23,25,28,31,40,42H,8-9,14,24,26-27,29-30H2,1H3/t31-,40+,42+/m0/s1. The highest BCUT2D eigenvalue weighted by molar-refractivity contribution is 6.03. The number of unbranched alkanes of at least 4 members (excludes halogenated alkanes) is 1. The van der Waals surface area contributed by atoms with Crippen LogP contribution in [0.1, 0.15) is 66.8 Å². The predicted octanol–water partition coefficient (Wildman–Crippen LogP) is 10.2. The minimum Gasteiger partial charge on any atom is -0.493 e. The summed E-state index contributed by atoms with van der Waals surface area (Å²) in [5, 5.41) is 0. The molecule has 0 unspecified atom stereocenters. The minimum absolute atomic E-state index is 0.0169. The van der Waals surface area contributed by atoms with E-state index >= 15 is 0 Å². The van der Waals surface area contributed by atoms with Gasteiger partial charge in [-0.05, 0) is 96.8 Å². The Hall–Kier alpha value is -5.01. The van der Waals surface area contributed by atoms with Gasteiger partial charge in [0.15, 0.2) is 0 Å². The summed E-state index contributed by atoms with van der Waals surface area (Å²) < 4.78 is 46.0. The van der Waals surface area contributed by atoms with E-state index in [2.05, 4.69) is 19.1 Å². The smallest absolute Gasteiger partial charge is 0.233 e. The molecule has 258 valence electrons. The van der Waals surface area contributed by atoms with Gasteiger partial charge in [0, 0.05) is 23.9 Å². The van der Waals surface area contributed by atoms with Gasteiger partial charge < -0.3 is 19.1 Å². The van der Waals surface area contributed by atoms with Crippen molar-refractivity contribution < 1.29 is 27.8 Å². The van der Waals surface area contributed by atoms with E-state index in [9.17, 15) is 13.6 Å². The summed E-state index contributed by atoms with van der Waals surface area (Å²) in [6.45, 7) is 4.22. The van der Waals surface area contributed by atoms with Gasteiger partial charge in [0.2, 0.25) is 5.91 Å². The molecule has 1 amide bonds. The molecule has 1 aliphatic heterocycles. The van der Waals surface area contributed by atoms with Crippen molar-refractivity contribution in [2.45, 2.75) is 57.8 Å². The first kappa shape index (κ1) is 34.8. The van der Waals surface area contributed by atoms with Crippen LogP contribution in [-0.2, 0) is 22.7 Å². The molecule has 0 saturated carbocycles. The molecule has 0 bridgehead atoms. The van der Waals surface area contributed by atoms with Crippen LogP contribution in [0.5, 0.6) is 11.5 Å². The summed E-state index contributed by atoms with van der Waals surface area (Å²) in [7, 11) is 0. The summed E-state index contributed by atoms with van der Waals surface area (Å²) >= 11 is 0. The number of benzene rings is 5. The van der Waals surface area contributed by atoms with Gasteiger partial charge in [0.05, 0.1) is 25.2 Å². The monoisotopic (exact) mass is 675 g/mol. The average Bonchev–Trinajstić information content (AvgIpc) is 3.14. The van der Waals surface area contributed by atoms with Crippen molar-refractivity contribution >= 4 is 11.6 Å². The lowest BCUT2D eigenvalue weighted by molar-refractivity contribution is -0.130. The Balaban J connectivity index is 1.18. The number of carbonyl (C=O) groups is 1. The molecule has 5 aromatic carbocycles. The molecule has 0 radical (unpaired) electrons. The zero-order valence-corrected chi connectivity index (χ0v) is 28.3. The first-order chi connectivity index (χ1) is 24.5. The number of hydrogen-bond acceptors (Lipinski definition) is 4. The van der Waals surface area contributed by atoms with E-state index < -0.39 is 0 Å². The third-order valence-corrected chi connectivity index (χ3v) is 9.27. The molecular formula is C43H43F2NO4. The van der Waals surface area contributed by atoms with E-state index in [1.54, 1.807) is 29.2 Å². The van der Waals surface area contributed by atoms with Gasteiger partial charge in [-0.15, -0.1) is 0 Å². The van der Waals surface area contributed by atoms with Crippen molar-refractivity contribution in [3.63, 3.8) is 0 Å². The van der Waals surface area contributed by atoms with Crippen LogP contribution in [0.15, 0.2) is 127 Å². The molecule has 1 fully saturated rings. The topological polar surface area (TPSA) is 48.0 Å². The van der Waals surface area contributed by atoms with Gasteiger partial charge in [0.25, 0.3) is 0 Å². The van der Waals surface area contributed by atoms with E-state index in [0.717, 1.165) is 41.5 Å². The maximum absolute atomic E-state index is 13.9. The fraction of sp³-hybridized carbons (Fsp3) is 0.279. The molecule has 0 N–H and O–H groups in total. The van der Waals surface area contributed by atoms with E-state index in [0.29, 0.717) is 50.0 Å². The maximum atomic E-state index is 13.9. The van der Waals surface area contributed by atoms with Crippen LogP contribution < -0.4 is 14.4 Å². The largest absolute Gasteiger partial charge is 0.493 e. The van der Waals surface area contributed by atoms with Crippen LogP contribution in [-0.4, -0.2) is 19.1 Å². The number of β-lactam (4-membered cyclic amide) rings is 1. The number of halogens is 2. The predicted molar refractivity (Wildman–Crippen MR) is 192 cm³/mol. The quantitative estimate of drug-likeness (QED) is 0.0727. The Bertz CT molecular complexity index is 1800. The van der Waals surface area contributed by atoms with Gasteiger partial charge >= 0.3 is 0 Å². The second-order valence-electron chi connectivity index (χ2n) is 12.8. The number of rotatable bonds is 17. The van der Waals surface area contributed by atoms with Gasteiger partial charge in [-0.3, -0.25) is 4.79 Å². The van der Waals surface area contributed by atoms with Crippen LogP contribution in [0.3, 0.4) is 0 Å². The van der Waals surface area contributed by atoms with Crippen LogP contribution >= 0.6 is 0 Å². The van der Waals surface area contributed by atoms with Gasteiger partial charge in [0.1, 0.15) is 29.7 Å². The number of anilines is 1. The lowest BCUT2D eigenvalue weighted by Crippen LogP contribution is -2.55. The molecule has 1 saturated heterocycles. The van der Waals surface area contributed by atoms with Crippen LogP contribution in [0.2, 0.25) is 0 Å². The average molecular weight is 676 g/mol. The molecule has 5 aromatic rings. The number of carbonyl (C=O) groups excluding carboxylic acids is 1. The molecule has 0 aromatic heterocycles. The summed E-state index contributed by atoms with van der Waals surface area (Å²) in [6.07, 6.45) is 3.08. The van der Waals surface area contributed by atoms with Crippen molar-refractivity contribution in [1.29, 1.82) is 0 Å². The normalized spacial score (nSPS) is 16.1. The molecule has 3 atom stereocenters. The Labute approximate surface area is 293 Å². The Morgan fingerprint density at radius 2 is 1.32 bits per heavy atom.